The molecule has 0 aromatic heterocycles. The Morgan fingerprint density at radius 3 is 2.45 bits per heavy atom. The largest absolute Gasteiger partial charge is 0.479 e. The Labute approximate surface area is 182 Å². The number of hydrogen-bond donors (Lipinski definition) is 1. The summed E-state index contributed by atoms with van der Waals surface area (Å²) >= 11 is 12.1. The molecule has 0 saturated carbocycles. The molecule has 2 atom stereocenters. The summed E-state index contributed by atoms with van der Waals surface area (Å²) in [6, 6.07) is 14.9. The molecular weight excluding hydrogens is 409 g/mol. The molecule has 1 aliphatic heterocycles. The van der Waals surface area contributed by atoms with Crippen LogP contribution < -0.4 is 10.1 Å². The van der Waals surface area contributed by atoms with E-state index < -0.39 is 6.10 Å². The third kappa shape index (κ3) is 6.34. The lowest BCUT2D eigenvalue weighted by molar-refractivity contribution is -0.128. The number of ether oxygens (including phenoxy) is 1. The first-order valence-electron chi connectivity index (χ1n) is 9.80. The number of carbonyl (C=O) groups is 1. The van der Waals surface area contributed by atoms with Gasteiger partial charge >= 0.3 is 0 Å². The summed E-state index contributed by atoms with van der Waals surface area (Å²) in [6.45, 7) is 6.52. The van der Waals surface area contributed by atoms with Gasteiger partial charge in [-0.15, -0.1) is 0 Å². The average Bonchev–Trinajstić information content (AvgIpc) is 2.71. The van der Waals surface area contributed by atoms with Gasteiger partial charge < -0.3 is 15.0 Å². The van der Waals surface area contributed by atoms with Crippen LogP contribution in [0.15, 0.2) is 48.5 Å². The van der Waals surface area contributed by atoms with Crippen LogP contribution in [-0.4, -0.2) is 61.6 Å². The SMILES string of the molecule is CC(Oc1ccc(Cl)cc1Cl)C(=O)NC(CN1CCN(C)CC1)c1ccccc1. The lowest BCUT2D eigenvalue weighted by Gasteiger charge is -2.35. The van der Waals surface area contributed by atoms with E-state index in [4.69, 9.17) is 27.9 Å². The van der Waals surface area contributed by atoms with E-state index in [0.717, 1.165) is 38.3 Å². The highest BCUT2D eigenvalue weighted by Crippen LogP contribution is 2.28. The molecule has 0 radical (unpaired) electrons. The number of carbonyl (C=O) groups excluding carboxylic acids is 1. The Bertz CT molecular complexity index is 811. The van der Waals surface area contributed by atoms with Gasteiger partial charge in [0.1, 0.15) is 5.75 Å². The minimum Gasteiger partial charge on any atom is -0.479 e. The lowest BCUT2D eigenvalue weighted by Crippen LogP contribution is -2.49. The second kappa shape index (κ2) is 10.3. The number of nitrogens with one attached hydrogen (secondary N) is 1. The minimum absolute atomic E-state index is 0.112. The molecular formula is C22H27Cl2N3O2. The molecule has 1 aliphatic rings. The number of amides is 1. The fourth-order valence-electron chi connectivity index (χ4n) is 3.31. The molecule has 3 rings (SSSR count). The van der Waals surface area contributed by atoms with Crippen molar-refractivity contribution in [1.82, 2.24) is 15.1 Å². The van der Waals surface area contributed by atoms with Crippen molar-refractivity contribution in [2.45, 2.75) is 19.1 Å². The molecule has 29 heavy (non-hydrogen) atoms. The maximum Gasteiger partial charge on any atom is 0.261 e. The van der Waals surface area contributed by atoms with Gasteiger partial charge in [0.25, 0.3) is 5.91 Å². The Balaban J connectivity index is 1.66. The van der Waals surface area contributed by atoms with E-state index in [-0.39, 0.29) is 11.9 Å². The van der Waals surface area contributed by atoms with Gasteiger partial charge in [0.2, 0.25) is 0 Å². The number of halogens is 2. The van der Waals surface area contributed by atoms with Crippen molar-refractivity contribution in [2.24, 2.45) is 0 Å². The first kappa shape index (κ1) is 21.9. The summed E-state index contributed by atoms with van der Waals surface area (Å²) < 4.78 is 5.78. The van der Waals surface area contributed by atoms with E-state index in [1.165, 1.54) is 0 Å². The van der Waals surface area contributed by atoms with Crippen molar-refractivity contribution in [2.75, 3.05) is 39.8 Å². The van der Waals surface area contributed by atoms with E-state index in [2.05, 4.69) is 22.2 Å². The summed E-state index contributed by atoms with van der Waals surface area (Å²) in [7, 11) is 2.13. The van der Waals surface area contributed by atoms with E-state index in [0.29, 0.717) is 15.8 Å². The van der Waals surface area contributed by atoms with Crippen molar-refractivity contribution in [3.8, 4) is 5.75 Å². The highest BCUT2D eigenvalue weighted by molar-refractivity contribution is 6.35. The second-order valence-corrected chi connectivity index (χ2v) is 8.25. The summed E-state index contributed by atoms with van der Waals surface area (Å²) in [5.74, 6) is 0.257. The average molecular weight is 436 g/mol. The van der Waals surface area contributed by atoms with Crippen LogP contribution in [-0.2, 0) is 4.79 Å². The fourth-order valence-corrected chi connectivity index (χ4v) is 3.77. The number of benzene rings is 2. The quantitative estimate of drug-likeness (QED) is 0.716. The first-order valence-corrected chi connectivity index (χ1v) is 10.6. The molecule has 2 aromatic carbocycles. The molecule has 0 aliphatic carbocycles. The van der Waals surface area contributed by atoms with Crippen molar-refractivity contribution in [3.05, 3.63) is 64.1 Å². The van der Waals surface area contributed by atoms with Gasteiger partial charge in [-0.3, -0.25) is 9.69 Å². The van der Waals surface area contributed by atoms with Gasteiger partial charge in [-0.25, -0.2) is 0 Å². The van der Waals surface area contributed by atoms with Crippen LogP contribution in [0, 0.1) is 0 Å². The van der Waals surface area contributed by atoms with Crippen LogP contribution in [0.1, 0.15) is 18.5 Å². The monoisotopic (exact) mass is 435 g/mol. The predicted molar refractivity (Wildman–Crippen MR) is 118 cm³/mol. The smallest absolute Gasteiger partial charge is 0.261 e. The van der Waals surface area contributed by atoms with E-state index in [1.807, 2.05) is 30.3 Å². The molecule has 1 amide bonds. The van der Waals surface area contributed by atoms with Gasteiger partial charge in [0.05, 0.1) is 11.1 Å². The molecule has 2 unspecified atom stereocenters. The summed E-state index contributed by atoms with van der Waals surface area (Å²) in [4.78, 5) is 17.6. The molecule has 0 bridgehead atoms. The number of piperazine rings is 1. The molecule has 1 N–H and O–H groups in total. The lowest BCUT2D eigenvalue weighted by atomic mass is 10.1. The minimum atomic E-state index is -0.688. The van der Waals surface area contributed by atoms with Crippen LogP contribution in [0.5, 0.6) is 5.75 Å². The maximum atomic E-state index is 12.9. The maximum absolute atomic E-state index is 12.9. The van der Waals surface area contributed by atoms with Gasteiger partial charge in [-0.1, -0.05) is 53.5 Å². The van der Waals surface area contributed by atoms with Crippen molar-refractivity contribution in [1.29, 1.82) is 0 Å². The Kier molecular flexibility index (Phi) is 7.78. The number of likely N-dealkylation sites (N-methyl/N-ethyl adjacent to an activating group) is 1. The number of rotatable bonds is 7. The summed E-state index contributed by atoms with van der Waals surface area (Å²) in [6.07, 6.45) is -0.688. The Morgan fingerprint density at radius 2 is 1.79 bits per heavy atom. The van der Waals surface area contributed by atoms with E-state index >= 15 is 0 Å². The zero-order chi connectivity index (χ0) is 20.8. The van der Waals surface area contributed by atoms with Gasteiger partial charge in [-0.2, -0.15) is 0 Å². The van der Waals surface area contributed by atoms with Crippen LogP contribution in [0.4, 0.5) is 0 Å². The number of nitrogens with zero attached hydrogens (tertiary/aromatic N) is 2. The summed E-state index contributed by atoms with van der Waals surface area (Å²) in [5.41, 5.74) is 1.08. The second-order valence-electron chi connectivity index (χ2n) is 7.41. The molecule has 7 heteroatoms. The standard InChI is InChI=1S/C22H27Cl2N3O2/c1-16(29-21-9-8-18(23)14-19(21)24)22(28)25-20(17-6-4-3-5-7-17)15-27-12-10-26(2)11-13-27/h3-9,14,16,20H,10-13,15H2,1-2H3,(H,25,28). The highest BCUT2D eigenvalue weighted by Gasteiger charge is 2.24. The fraction of sp³-hybridized carbons (Fsp3) is 0.409. The molecule has 1 saturated heterocycles. The van der Waals surface area contributed by atoms with Crippen LogP contribution >= 0.6 is 23.2 Å². The molecule has 1 fully saturated rings. The first-order chi connectivity index (χ1) is 13.9. The van der Waals surface area contributed by atoms with Crippen LogP contribution in [0.3, 0.4) is 0 Å². The zero-order valence-electron chi connectivity index (χ0n) is 16.8. The van der Waals surface area contributed by atoms with E-state index in [9.17, 15) is 4.79 Å². The molecule has 1 heterocycles. The normalized spacial score (nSPS) is 17.5. The Hall–Kier alpha value is -1.79. The van der Waals surface area contributed by atoms with Gasteiger partial charge in [0, 0.05) is 37.7 Å². The Morgan fingerprint density at radius 1 is 1.10 bits per heavy atom. The van der Waals surface area contributed by atoms with Gasteiger partial charge in [-0.05, 0) is 37.7 Å². The molecule has 2 aromatic rings. The van der Waals surface area contributed by atoms with Crippen molar-refractivity contribution in [3.63, 3.8) is 0 Å². The van der Waals surface area contributed by atoms with Crippen LogP contribution in [0.25, 0.3) is 0 Å². The number of hydrogen-bond acceptors (Lipinski definition) is 4. The summed E-state index contributed by atoms with van der Waals surface area (Å²) in [5, 5.41) is 4.06. The van der Waals surface area contributed by atoms with Crippen LogP contribution in [0.2, 0.25) is 10.0 Å². The molecule has 5 nitrogen and oxygen atoms in total. The zero-order valence-corrected chi connectivity index (χ0v) is 18.3. The van der Waals surface area contributed by atoms with E-state index in [1.54, 1.807) is 25.1 Å². The van der Waals surface area contributed by atoms with Crippen molar-refractivity contribution < 1.29 is 9.53 Å². The molecule has 0 spiro atoms. The topological polar surface area (TPSA) is 44.8 Å². The predicted octanol–water partition coefficient (Wildman–Crippen LogP) is 3.87. The third-order valence-electron chi connectivity index (χ3n) is 5.12. The highest BCUT2D eigenvalue weighted by atomic mass is 35.5. The third-order valence-corrected chi connectivity index (χ3v) is 5.65. The molecule has 156 valence electrons. The van der Waals surface area contributed by atoms with Crippen molar-refractivity contribution >= 4 is 29.1 Å². The van der Waals surface area contributed by atoms with Gasteiger partial charge in [0.15, 0.2) is 6.10 Å².